The first kappa shape index (κ1) is 16.4. The molecule has 0 rings (SSSR count). The van der Waals surface area contributed by atoms with Crippen molar-refractivity contribution in [2.75, 3.05) is 0 Å². The van der Waals surface area contributed by atoms with Crippen LogP contribution in [0.1, 0.15) is 6.92 Å². The predicted octanol–water partition coefficient (Wildman–Crippen LogP) is 3.48. The molecule has 0 bridgehead atoms. The monoisotopic (exact) mass is 246 g/mol. The van der Waals surface area contributed by atoms with Crippen molar-refractivity contribution in [3.05, 3.63) is 12.6 Å². The normalized spacial score (nSPS) is 16.3. The van der Waals surface area contributed by atoms with E-state index in [1.54, 1.807) is 0 Å². The Bertz CT molecular complexity index is 230. The topological polar surface area (TPSA) is 9.23 Å². The maximum absolute atomic E-state index is 12.5. The summed E-state index contributed by atoms with van der Waals surface area (Å²) in [7, 11) is 0. The SMILES string of the molecule is C=C(F)OC(F)(F)C(C)(F)C(F)(F)F.F. The molecular weight excluding hydrogens is 240 g/mol. The molecule has 0 aliphatic heterocycles. The zero-order valence-electron chi connectivity index (χ0n) is 7.17. The number of alkyl halides is 6. The average Bonchev–Trinajstić information content (AvgIpc) is 1.80. The van der Waals surface area contributed by atoms with Crippen molar-refractivity contribution in [2.24, 2.45) is 0 Å². The Labute approximate surface area is 78.9 Å². The molecule has 0 aliphatic rings. The molecule has 92 valence electrons. The summed E-state index contributed by atoms with van der Waals surface area (Å²) >= 11 is 0. The Balaban J connectivity index is 0. The summed E-state index contributed by atoms with van der Waals surface area (Å²) in [5.74, 6) is 0. The van der Waals surface area contributed by atoms with Crippen LogP contribution < -0.4 is 0 Å². The Kier molecular flexibility index (Phi) is 4.63. The van der Waals surface area contributed by atoms with Gasteiger partial charge in [0.1, 0.15) is 0 Å². The van der Waals surface area contributed by atoms with E-state index >= 15 is 0 Å². The van der Waals surface area contributed by atoms with Crippen LogP contribution in [0.3, 0.4) is 0 Å². The van der Waals surface area contributed by atoms with Crippen LogP contribution in [-0.2, 0) is 4.74 Å². The van der Waals surface area contributed by atoms with Gasteiger partial charge >= 0.3 is 18.0 Å². The molecule has 0 N–H and O–H groups in total. The van der Waals surface area contributed by atoms with Gasteiger partial charge in [0.25, 0.3) is 6.01 Å². The lowest BCUT2D eigenvalue weighted by molar-refractivity contribution is -0.370. The summed E-state index contributed by atoms with van der Waals surface area (Å²) in [6.07, 6.45) is -11.2. The second-order valence-electron chi connectivity index (χ2n) is 2.47. The summed E-state index contributed by atoms with van der Waals surface area (Å²) in [5, 5.41) is 0. The van der Waals surface area contributed by atoms with Gasteiger partial charge in [-0.2, -0.15) is 26.3 Å². The highest BCUT2D eigenvalue weighted by Gasteiger charge is 2.70. The number of rotatable bonds is 3. The lowest BCUT2D eigenvalue weighted by Gasteiger charge is -2.30. The average molecular weight is 246 g/mol. The molecule has 0 amide bonds. The quantitative estimate of drug-likeness (QED) is 0.547. The molecule has 0 fully saturated rings. The van der Waals surface area contributed by atoms with E-state index in [0.29, 0.717) is 0 Å². The summed E-state index contributed by atoms with van der Waals surface area (Å²) in [5.41, 5.74) is -4.99. The van der Waals surface area contributed by atoms with Crippen molar-refractivity contribution in [3.63, 3.8) is 0 Å². The van der Waals surface area contributed by atoms with Gasteiger partial charge in [-0.15, -0.1) is 0 Å². The van der Waals surface area contributed by atoms with Crippen molar-refractivity contribution in [1.82, 2.24) is 0 Å². The third-order valence-corrected chi connectivity index (χ3v) is 1.32. The van der Waals surface area contributed by atoms with Gasteiger partial charge in [-0.3, -0.25) is 4.70 Å². The standard InChI is InChI=1S/C6H5F7O.FH/c1-3(7)14-6(12,13)4(2,8)5(9,10)11;/h1H2,2H3;1H. The Morgan fingerprint density at radius 2 is 1.40 bits per heavy atom. The minimum Gasteiger partial charge on any atom is -0.404 e. The van der Waals surface area contributed by atoms with Crippen LogP contribution in [0.2, 0.25) is 0 Å². The van der Waals surface area contributed by atoms with E-state index in [0.717, 1.165) is 0 Å². The summed E-state index contributed by atoms with van der Waals surface area (Å²) in [4.78, 5) is 0. The Morgan fingerprint density at radius 1 is 1.07 bits per heavy atom. The van der Waals surface area contributed by atoms with Crippen LogP contribution >= 0.6 is 0 Å². The second kappa shape index (κ2) is 4.23. The van der Waals surface area contributed by atoms with Crippen LogP contribution in [0.25, 0.3) is 0 Å². The smallest absolute Gasteiger partial charge is 0.404 e. The fourth-order valence-electron chi connectivity index (χ4n) is 0.400. The number of ether oxygens (including phenoxy) is 1. The molecule has 0 aliphatic carbocycles. The Morgan fingerprint density at radius 3 is 1.60 bits per heavy atom. The minimum atomic E-state index is -5.88. The molecule has 15 heavy (non-hydrogen) atoms. The molecule has 1 unspecified atom stereocenters. The van der Waals surface area contributed by atoms with Gasteiger partial charge in [0.15, 0.2) is 0 Å². The molecule has 9 heteroatoms. The Hall–Kier alpha value is -1.02. The highest BCUT2D eigenvalue weighted by Crippen LogP contribution is 2.46. The first-order valence-electron chi connectivity index (χ1n) is 3.08. The van der Waals surface area contributed by atoms with Crippen LogP contribution in [0.5, 0.6) is 0 Å². The van der Waals surface area contributed by atoms with Gasteiger partial charge in [-0.1, -0.05) is 0 Å². The largest absolute Gasteiger partial charge is 0.443 e. The third-order valence-electron chi connectivity index (χ3n) is 1.32. The molecular formula is C6H6F8O. The summed E-state index contributed by atoms with van der Waals surface area (Å²) < 4.78 is 86.7. The van der Waals surface area contributed by atoms with Crippen molar-refractivity contribution in [1.29, 1.82) is 0 Å². The first-order valence-corrected chi connectivity index (χ1v) is 3.08. The van der Waals surface area contributed by atoms with Crippen LogP contribution in [0.4, 0.5) is 35.4 Å². The lowest BCUT2D eigenvalue weighted by Crippen LogP contribution is -2.54. The highest BCUT2D eigenvalue weighted by atomic mass is 19.4. The van der Waals surface area contributed by atoms with E-state index in [-0.39, 0.29) is 4.70 Å². The maximum Gasteiger partial charge on any atom is 0.443 e. The van der Waals surface area contributed by atoms with Crippen molar-refractivity contribution >= 4 is 0 Å². The first-order chi connectivity index (χ1) is 5.92. The van der Waals surface area contributed by atoms with Gasteiger partial charge < -0.3 is 4.74 Å². The molecule has 0 aromatic carbocycles. The molecule has 0 aromatic heterocycles. The van der Waals surface area contributed by atoms with Gasteiger partial charge in [-0.05, 0) is 13.5 Å². The van der Waals surface area contributed by atoms with E-state index in [4.69, 9.17) is 0 Å². The van der Waals surface area contributed by atoms with Gasteiger partial charge in [-0.25, -0.2) is 4.39 Å². The summed E-state index contributed by atoms with van der Waals surface area (Å²) in [6.45, 7) is 1.67. The van der Waals surface area contributed by atoms with Crippen molar-refractivity contribution in [3.8, 4) is 0 Å². The lowest BCUT2D eigenvalue weighted by atomic mass is 10.1. The zero-order valence-corrected chi connectivity index (χ0v) is 7.17. The van der Waals surface area contributed by atoms with E-state index in [9.17, 15) is 30.7 Å². The molecule has 0 heterocycles. The number of hydrogen-bond donors (Lipinski definition) is 0. The van der Waals surface area contributed by atoms with E-state index in [1.165, 1.54) is 0 Å². The molecule has 1 nitrogen and oxygen atoms in total. The molecule has 0 spiro atoms. The number of halogens is 8. The zero-order chi connectivity index (χ0) is 11.8. The minimum absolute atomic E-state index is 0. The molecule has 0 radical (unpaired) electrons. The fourth-order valence-corrected chi connectivity index (χ4v) is 0.400. The van der Waals surface area contributed by atoms with Crippen molar-refractivity contribution in [2.45, 2.75) is 24.9 Å². The molecule has 1 atom stereocenters. The van der Waals surface area contributed by atoms with Gasteiger partial charge in [0.2, 0.25) is 0 Å². The predicted molar refractivity (Wildman–Crippen MR) is 34.4 cm³/mol. The molecule has 0 saturated heterocycles. The van der Waals surface area contributed by atoms with Gasteiger partial charge in [0.05, 0.1) is 0 Å². The third kappa shape index (κ3) is 3.24. The fraction of sp³-hybridized carbons (Fsp3) is 0.667. The van der Waals surface area contributed by atoms with Crippen molar-refractivity contribution < 1.29 is 40.2 Å². The van der Waals surface area contributed by atoms with Crippen LogP contribution in [-0.4, -0.2) is 18.0 Å². The molecule has 0 aromatic rings. The number of hydrogen-bond acceptors (Lipinski definition) is 1. The maximum atomic E-state index is 12.5. The van der Waals surface area contributed by atoms with E-state index < -0.39 is 30.9 Å². The van der Waals surface area contributed by atoms with E-state index in [1.807, 2.05) is 0 Å². The highest BCUT2D eigenvalue weighted by molar-refractivity contribution is 4.92. The van der Waals surface area contributed by atoms with Gasteiger partial charge in [0, 0.05) is 0 Å². The van der Waals surface area contributed by atoms with Crippen LogP contribution in [0, 0.1) is 0 Å². The summed E-state index contributed by atoms with van der Waals surface area (Å²) in [6, 6.07) is -2.21. The van der Waals surface area contributed by atoms with Crippen LogP contribution in [0.15, 0.2) is 12.6 Å². The van der Waals surface area contributed by atoms with E-state index in [2.05, 4.69) is 11.3 Å². The second-order valence-corrected chi connectivity index (χ2v) is 2.47. The molecule has 0 saturated carbocycles.